The minimum absolute atomic E-state index is 0.00186. The molecule has 0 bridgehead atoms. The van der Waals surface area contributed by atoms with Gasteiger partial charge in [-0.25, -0.2) is 0 Å². The number of H-pyrrole nitrogens is 1. The van der Waals surface area contributed by atoms with Crippen molar-refractivity contribution in [2.45, 2.75) is 63.7 Å². The van der Waals surface area contributed by atoms with Crippen LogP contribution in [-0.2, 0) is 56.6 Å². The summed E-state index contributed by atoms with van der Waals surface area (Å²) >= 11 is 0. The Morgan fingerprint density at radius 1 is 0.371 bits per heavy atom. The van der Waals surface area contributed by atoms with Crippen LogP contribution in [0.1, 0.15) is 64.5 Å². The lowest BCUT2D eigenvalue weighted by atomic mass is 9.91. The highest BCUT2D eigenvalue weighted by atomic mass is 16.3. The first kappa shape index (κ1) is 74.5. The quantitative estimate of drug-likeness (QED) is 0.0834. The van der Waals surface area contributed by atoms with E-state index < -0.39 is 0 Å². The summed E-state index contributed by atoms with van der Waals surface area (Å²) < 4.78 is 0. The van der Waals surface area contributed by atoms with E-state index in [1.165, 1.54) is 24.3 Å². The summed E-state index contributed by atoms with van der Waals surface area (Å²) in [6, 6.07) is 62.8. The van der Waals surface area contributed by atoms with E-state index in [0.717, 1.165) is 127 Å². The molecule has 8 amide bonds. The van der Waals surface area contributed by atoms with E-state index in [0.29, 0.717) is 96.1 Å². The molecule has 4 fully saturated rings. The number of nitrogens with zero attached hydrogens (tertiary/aromatic N) is 9. The molecule has 8 aliphatic heterocycles. The van der Waals surface area contributed by atoms with Crippen molar-refractivity contribution >= 4 is 90.5 Å². The number of fused-ring (bicyclic) bond motifs is 8. The third-order valence-electron chi connectivity index (χ3n) is 23.8. The zero-order valence-corrected chi connectivity index (χ0v) is 63.8. The third kappa shape index (κ3) is 13.8. The molecule has 8 aliphatic rings. The summed E-state index contributed by atoms with van der Waals surface area (Å²) in [4.78, 5) is 113. The summed E-state index contributed by atoms with van der Waals surface area (Å²) in [5.74, 6) is 0.460. The van der Waals surface area contributed by atoms with E-state index >= 15 is 0 Å². The van der Waals surface area contributed by atoms with Gasteiger partial charge in [-0.15, -0.1) is 0 Å². The number of hydrogen-bond donors (Lipinski definition) is 4. The molecule has 0 aliphatic carbocycles. The summed E-state index contributed by atoms with van der Waals surface area (Å²) in [6.07, 6.45) is 7.44. The van der Waals surface area contributed by atoms with E-state index in [2.05, 4.69) is 73.8 Å². The lowest BCUT2D eigenvalue weighted by Crippen LogP contribution is -2.62. The van der Waals surface area contributed by atoms with Gasteiger partial charge >= 0.3 is 0 Å². The van der Waals surface area contributed by atoms with E-state index in [-0.39, 0.29) is 88.7 Å². The van der Waals surface area contributed by atoms with E-state index in [1.54, 1.807) is 56.0 Å². The number of benzene rings is 11. The molecule has 0 radical (unpaired) electrons. The molecule has 20 rings (SSSR count). The molecule has 0 spiro atoms. The molecule has 116 heavy (non-hydrogen) atoms. The van der Waals surface area contributed by atoms with Crippen molar-refractivity contribution in [3.63, 3.8) is 0 Å². The van der Waals surface area contributed by atoms with Crippen molar-refractivity contribution < 1.29 is 53.7 Å². The monoisotopic (exact) mass is 1540 g/mol. The number of phenolic OH excluding ortho intramolecular Hbond substituents is 3. The van der Waals surface area contributed by atoms with Crippen LogP contribution in [0.3, 0.4) is 0 Å². The molecule has 11 aromatic carbocycles. The Morgan fingerprint density at radius 2 is 0.733 bits per heavy atom. The number of aromatic nitrogens is 2. The van der Waals surface area contributed by atoms with Gasteiger partial charge in [0, 0.05) is 101 Å². The predicted octanol–water partition coefficient (Wildman–Crippen LogP) is 13.5. The second kappa shape index (κ2) is 30.4. The van der Waals surface area contributed by atoms with Gasteiger partial charge in [-0.3, -0.25) is 43.5 Å². The van der Waals surface area contributed by atoms with Crippen molar-refractivity contribution in [2.75, 3.05) is 52.4 Å². The maximum Gasteiger partial charge on any atom is 0.254 e. The predicted molar refractivity (Wildman–Crippen MR) is 446 cm³/mol. The fraction of sp³-hybridized carbons (Fsp3) is 0.189. The van der Waals surface area contributed by atoms with Crippen LogP contribution in [0.15, 0.2) is 251 Å². The lowest BCUT2D eigenvalue weighted by Gasteiger charge is -2.46. The van der Waals surface area contributed by atoms with Crippen molar-refractivity contribution in [1.29, 1.82) is 0 Å². The number of hydrogen-bond acceptors (Lipinski definition) is 12. The average molecular weight is 1540 g/mol. The summed E-state index contributed by atoms with van der Waals surface area (Å²) in [5.41, 5.74) is 17.3. The fourth-order valence-corrected chi connectivity index (χ4v) is 17.3. The molecular formula is C95H82N10O11. The molecule has 0 unspecified atom stereocenters. The molecule has 21 heteroatoms. The minimum atomic E-state index is -0.0940. The van der Waals surface area contributed by atoms with Crippen LogP contribution >= 0.6 is 0 Å². The van der Waals surface area contributed by atoms with Crippen molar-refractivity contribution in [3.05, 3.63) is 301 Å². The van der Waals surface area contributed by atoms with Crippen molar-refractivity contribution in [1.82, 2.24) is 49.4 Å². The largest absolute Gasteiger partial charge is 0.508 e. The molecule has 9 heterocycles. The molecule has 0 atom stereocenters. The smallest absolute Gasteiger partial charge is 0.254 e. The second-order valence-corrected chi connectivity index (χ2v) is 30.7. The number of rotatable bonds is 12. The maximum absolute atomic E-state index is 13.0. The van der Waals surface area contributed by atoms with Gasteiger partial charge < -0.3 is 54.5 Å². The Kier molecular flexibility index (Phi) is 19.5. The van der Waals surface area contributed by atoms with Gasteiger partial charge in [0.15, 0.2) is 0 Å². The second-order valence-electron chi connectivity index (χ2n) is 30.7. The Morgan fingerprint density at radius 3 is 1.18 bits per heavy atom. The Balaban J connectivity index is 0.000000111. The first-order chi connectivity index (χ1) is 56.2. The van der Waals surface area contributed by atoms with Crippen LogP contribution in [0.2, 0.25) is 0 Å². The van der Waals surface area contributed by atoms with Crippen LogP contribution in [0.25, 0.3) is 87.7 Å². The number of amides is 8. The number of phenols is 3. The number of carbonyl (C=O) groups excluding carboxylic acids is 8. The highest BCUT2D eigenvalue weighted by Gasteiger charge is 2.44. The van der Waals surface area contributed by atoms with Crippen LogP contribution in [0.5, 0.6) is 17.2 Å². The van der Waals surface area contributed by atoms with E-state index in [1.807, 2.05) is 153 Å². The Hall–Kier alpha value is -14.2. The SMILES string of the molecule is C=CC(=O)N1CC(N2Cc3cc(-c4cc(O)cc5ccccc45)ccc3C2=O)C1.C=CC(=O)N1CC(N2Cc3ccc(-c4c(C)ccc5[nH]ncc45)cc3C2=O)C1.C=CC(=O)N1CC(N2Cc3ccc(-c4cc(O)cc5ccccc45)cc3C2=O)C1.C=CC(=O)N1CC(N2Cc3ccc(-c4cc(O)cc5ccccc45)cc3CC2=O)C1. The highest BCUT2D eigenvalue weighted by molar-refractivity contribution is 6.06. The van der Waals surface area contributed by atoms with Crippen molar-refractivity contribution in [2.24, 2.45) is 0 Å². The Labute approximate surface area is 668 Å². The van der Waals surface area contributed by atoms with Crippen LogP contribution in [0, 0.1) is 6.92 Å². The molecule has 4 N–H and O–H groups in total. The molecule has 4 saturated heterocycles. The minimum Gasteiger partial charge on any atom is -0.508 e. The first-order valence-electron chi connectivity index (χ1n) is 38.7. The summed E-state index contributed by atoms with van der Waals surface area (Å²) in [6.45, 7) is 22.9. The van der Waals surface area contributed by atoms with Gasteiger partial charge in [-0.2, -0.15) is 5.10 Å². The number of aromatic hydroxyl groups is 3. The van der Waals surface area contributed by atoms with Crippen LogP contribution < -0.4 is 0 Å². The molecule has 0 saturated carbocycles. The van der Waals surface area contributed by atoms with Gasteiger partial charge in [0.25, 0.3) is 17.7 Å². The average Bonchev–Trinajstić information content (AvgIpc) is 1.73. The highest BCUT2D eigenvalue weighted by Crippen LogP contribution is 2.42. The van der Waals surface area contributed by atoms with Crippen LogP contribution in [0.4, 0.5) is 0 Å². The lowest BCUT2D eigenvalue weighted by molar-refractivity contribution is -0.145. The standard InChI is InChI=1S/C25H22N2O3.2C24H20N2O3.C22H20N4O2/c1-2-24(29)26-14-20(15-26)27-13-18-8-7-17(9-19(18)11-25(27)30)23-12-21(28)10-16-5-3-4-6-22(16)23;1-2-23(28)25-13-18(14-25)26-12-17-9-16(7-8-21(17)24(26)29)22-11-19(27)10-15-5-3-4-6-20(15)22;1-2-23(28)25-13-18(14-25)26-12-17-8-7-16(10-22(17)24(26)29)21-11-19(27)9-15-5-3-4-6-20(15)21;1-3-20(27)25-11-16(12-25)26-10-15-6-5-14(8-17(15)22(26)28)21-13(2)4-7-19-18(21)9-23-24-19/h2-10,12,20,28H,1,11,13-15H2;2*2-11,18,27H,1,12-14H2;3-9,16H,1,10-12H2,2H3,(H,23,24). The first-order valence-corrected chi connectivity index (χ1v) is 38.7. The van der Waals surface area contributed by atoms with Crippen LogP contribution in [-0.4, -0.2) is 188 Å². The molecular weight excluding hydrogens is 1460 g/mol. The van der Waals surface area contributed by atoms with Gasteiger partial charge in [-0.1, -0.05) is 154 Å². The molecule has 21 nitrogen and oxygen atoms in total. The van der Waals surface area contributed by atoms with Gasteiger partial charge in [0.1, 0.15) is 17.2 Å². The number of carbonyl (C=O) groups is 8. The van der Waals surface area contributed by atoms with Crippen molar-refractivity contribution in [3.8, 4) is 61.8 Å². The molecule has 578 valence electrons. The summed E-state index contributed by atoms with van der Waals surface area (Å²) in [7, 11) is 0. The topological polar surface area (TPSA) is 252 Å². The van der Waals surface area contributed by atoms with E-state index in [9.17, 15) is 53.7 Å². The third-order valence-corrected chi connectivity index (χ3v) is 23.8. The van der Waals surface area contributed by atoms with E-state index in [4.69, 9.17) is 0 Å². The zero-order chi connectivity index (χ0) is 80.5. The zero-order valence-electron chi connectivity index (χ0n) is 63.8. The van der Waals surface area contributed by atoms with Gasteiger partial charge in [0.05, 0.1) is 42.3 Å². The van der Waals surface area contributed by atoms with Gasteiger partial charge in [-0.05, 0) is 208 Å². The normalized spacial score (nSPS) is 16.2. The number of aryl methyl sites for hydroxylation is 1. The number of aromatic amines is 1. The number of nitrogens with one attached hydrogen (secondary N) is 1. The van der Waals surface area contributed by atoms with Gasteiger partial charge in [0.2, 0.25) is 29.5 Å². The Bertz CT molecular complexity index is 6150. The summed E-state index contributed by atoms with van der Waals surface area (Å²) in [5, 5.41) is 44.8. The number of likely N-dealkylation sites (tertiary alicyclic amines) is 4. The molecule has 12 aromatic rings. The fourth-order valence-electron chi connectivity index (χ4n) is 17.3. The molecule has 1 aromatic heterocycles. The maximum atomic E-state index is 13.0.